The summed E-state index contributed by atoms with van der Waals surface area (Å²) in [6.45, 7) is 1.51. The second-order valence-electron chi connectivity index (χ2n) is 5.89. The molecule has 2 amide bonds. The summed E-state index contributed by atoms with van der Waals surface area (Å²) in [6.07, 6.45) is 4.65. The van der Waals surface area contributed by atoms with Crippen LogP contribution in [-0.4, -0.2) is 34.8 Å². The first-order valence-electron chi connectivity index (χ1n) is 8.06. The van der Waals surface area contributed by atoms with Gasteiger partial charge in [0.05, 0.1) is 0 Å². The first-order valence-corrected chi connectivity index (χ1v) is 8.81. The van der Waals surface area contributed by atoms with E-state index in [0.29, 0.717) is 21.3 Å². The number of likely N-dealkylation sites (tertiary alicyclic amines) is 1. The van der Waals surface area contributed by atoms with Crippen LogP contribution in [0.2, 0.25) is 10.0 Å². The lowest BCUT2D eigenvalue weighted by Gasteiger charge is -2.26. The summed E-state index contributed by atoms with van der Waals surface area (Å²) in [6, 6.07) is 7.90. The fraction of sp³-hybridized carbons (Fsp3) is 0.278. The molecule has 0 spiro atoms. The number of anilines is 1. The molecule has 1 N–H and O–H groups in total. The van der Waals surface area contributed by atoms with Crippen molar-refractivity contribution in [3.8, 4) is 0 Å². The van der Waals surface area contributed by atoms with Crippen molar-refractivity contribution in [3.63, 3.8) is 0 Å². The van der Waals surface area contributed by atoms with Gasteiger partial charge in [0.2, 0.25) is 0 Å². The van der Waals surface area contributed by atoms with Gasteiger partial charge < -0.3 is 10.2 Å². The smallest absolute Gasteiger partial charge is 0.274 e. The number of amides is 2. The molecule has 1 aliphatic heterocycles. The van der Waals surface area contributed by atoms with Gasteiger partial charge in [-0.1, -0.05) is 23.2 Å². The molecule has 0 bridgehead atoms. The molecular weight excluding hydrogens is 361 g/mol. The van der Waals surface area contributed by atoms with Gasteiger partial charge in [-0.2, -0.15) is 0 Å². The van der Waals surface area contributed by atoms with E-state index in [0.717, 1.165) is 32.4 Å². The molecule has 25 heavy (non-hydrogen) atoms. The summed E-state index contributed by atoms with van der Waals surface area (Å²) in [5.74, 6) is -0.492. The molecule has 2 aromatic rings. The number of rotatable bonds is 3. The molecule has 0 aliphatic carbocycles. The van der Waals surface area contributed by atoms with Crippen molar-refractivity contribution in [2.24, 2.45) is 0 Å². The van der Waals surface area contributed by atoms with Gasteiger partial charge >= 0.3 is 0 Å². The third-order valence-electron chi connectivity index (χ3n) is 4.00. The van der Waals surface area contributed by atoms with Gasteiger partial charge in [-0.15, -0.1) is 0 Å². The summed E-state index contributed by atoms with van der Waals surface area (Å²) >= 11 is 11.9. The highest BCUT2D eigenvalue weighted by Crippen LogP contribution is 2.23. The number of piperidine rings is 1. The lowest BCUT2D eigenvalue weighted by Crippen LogP contribution is -2.35. The summed E-state index contributed by atoms with van der Waals surface area (Å²) in [5, 5.41) is 3.53. The van der Waals surface area contributed by atoms with Crippen LogP contribution in [0.4, 0.5) is 5.69 Å². The number of pyridine rings is 1. The Morgan fingerprint density at radius 1 is 1.00 bits per heavy atom. The van der Waals surface area contributed by atoms with Crippen molar-refractivity contribution in [2.75, 3.05) is 18.4 Å². The van der Waals surface area contributed by atoms with Crippen LogP contribution in [0.5, 0.6) is 0 Å². The van der Waals surface area contributed by atoms with Gasteiger partial charge in [0, 0.05) is 40.6 Å². The zero-order chi connectivity index (χ0) is 17.8. The van der Waals surface area contributed by atoms with E-state index in [2.05, 4.69) is 10.3 Å². The minimum absolute atomic E-state index is 0.0676. The van der Waals surface area contributed by atoms with E-state index in [1.807, 2.05) is 4.90 Å². The highest BCUT2D eigenvalue weighted by molar-refractivity contribution is 6.35. The number of aromatic nitrogens is 1. The standard InChI is InChI=1S/C18H17Cl2N3O2/c19-13-9-14(20)11-15(10-13)22-17(24)16-8-12(4-5-21-16)18(25)23-6-2-1-3-7-23/h4-5,8-11H,1-3,6-7H2,(H,22,24). The summed E-state index contributed by atoms with van der Waals surface area (Å²) in [5.41, 5.74) is 1.10. The SMILES string of the molecule is O=C(Nc1cc(Cl)cc(Cl)c1)c1cc(C(=O)N2CCCCC2)ccn1. The monoisotopic (exact) mass is 377 g/mol. The molecule has 0 saturated carbocycles. The Morgan fingerprint density at radius 2 is 1.68 bits per heavy atom. The van der Waals surface area contributed by atoms with E-state index < -0.39 is 5.91 Å². The van der Waals surface area contributed by atoms with Crippen LogP contribution in [-0.2, 0) is 0 Å². The van der Waals surface area contributed by atoms with E-state index >= 15 is 0 Å². The number of halogens is 2. The Balaban J connectivity index is 1.76. The topological polar surface area (TPSA) is 62.3 Å². The van der Waals surface area contributed by atoms with Crippen LogP contribution in [0.15, 0.2) is 36.5 Å². The Labute approximate surface area is 155 Å². The molecule has 1 aromatic heterocycles. The fourth-order valence-electron chi connectivity index (χ4n) is 2.79. The third-order valence-corrected chi connectivity index (χ3v) is 4.44. The second kappa shape index (κ2) is 7.85. The molecule has 1 fully saturated rings. The zero-order valence-corrected chi connectivity index (χ0v) is 15.0. The highest BCUT2D eigenvalue weighted by Gasteiger charge is 2.19. The van der Waals surface area contributed by atoms with Gasteiger partial charge in [-0.25, -0.2) is 0 Å². The number of carbonyl (C=O) groups is 2. The van der Waals surface area contributed by atoms with Gasteiger partial charge in [0.25, 0.3) is 11.8 Å². The average molecular weight is 378 g/mol. The number of nitrogens with one attached hydrogen (secondary N) is 1. The summed E-state index contributed by atoms with van der Waals surface area (Å²) in [7, 11) is 0. The minimum Gasteiger partial charge on any atom is -0.339 e. The maximum atomic E-state index is 12.6. The first-order chi connectivity index (χ1) is 12.0. The first kappa shape index (κ1) is 17.7. The molecule has 0 unspecified atom stereocenters. The number of hydrogen-bond donors (Lipinski definition) is 1. The van der Waals surface area contributed by atoms with E-state index in [1.165, 1.54) is 12.3 Å². The molecule has 130 valence electrons. The Hall–Kier alpha value is -2.11. The maximum absolute atomic E-state index is 12.6. The van der Waals surface area contributed by atoms with E-state index in [-0.39, 0.29) is 11.6 Å². The Morgan fingerprint density at radius 3 is 2.36 bits per heavy atom. The lowest BCUT2D eigenvalue weighted by atomic mass is 10.1. The van der Waals surface area contributed by atoms with Crippen LogP contribution in [0.3, 0.4) is 0 Å². The normalized spacial score (nSPS) is 14.2. The molecule has 5 nitrogen and oxygen atoms in total. The van der Waals surface area contributed by atoms with E-state index in [9.17, 15) is 9.59 Å². The molecule has 0 radical (unpaired) electrons. The molecular formula is C18H17Cl2N3O2. The lowest BCUT2D eigenvalue weighted by molar-refractivity contribution is 0.0724. The van der Waals surface area contributed by atoms with Crippen molar-refractivity contribution in [2.45, 2.75) is 19.3 Å². The van der Waals surface area contributed by atoms with Gasteiger partial charge in [0.1, 0.15) is 5.69 Å². The largest absolute Gasteiger partial charge is 0.339 e. The second-order valence-corrected chi connectivity index (χ2v) is 6.77. The van der Waals surface area contributed by atoms with Crippen molar-refractivity contribution < 1.29 is 9.59 Å². The van der Waals surface area contributed by atoms with Crippen molar-refractivity contribution in [3.05, 3.63) is 57.8 Å². The number of nitrogens with zero attached hydrogens (tertiary/aromatic N) is 2. The predicted octanol–water partition coefficient (Wildman–Crippen LogP) is 4.27. The molecule has 0 atom stereocenters. The maximum Gasteiger partial charge on any atom is 0.274 e. The van der Waals surface area contributed by atoms with Crippen LogP contribution in [0.1, 0.15) is 40.1 Å². The van der Waals surface area contributed by atoms with Crippen LogP contribution >= 0.6 is 23.2 Å². The van der Waals surface area contributed by atoms with Crippen molar-refractivity contribution in [1.29, 1.82) is 0 Å². The Kier molecular flexibility index (Phi) is 5.56. The van der Waals surface area contributed by atoms with Crippen molar-refractivity contribution in [1.82, 2.24) is 9.88 Å². The summed E-state index contributed by atoms with van der Waals surface area (Å²) < 4.78 is 0. The highest BCUT2D eigenvalue weighted by atomic mass is 35.5. The van der Waals surface area contributed by atoms with Crippen molar-refractivity contribution >= 4 is 40.7 Å². The summed E-state index contributed by atoms with van der Waals surface area (Å²) in [4.78, 5) is 30.8. The van der Waals surface area contributed by atoms with Gasteiger partial charge in [-0.05, 0) is 49.6 Å². The number of carbonyl (C=O) groups excluding carboxylic acids is 2. The Bertz CT molecular complexity index is 784. The number of hydrogen-bond acceptors (Lipinski definition) is 3. The predicted molar refractivity (Wildman–Crippen MR) is 98.4 cm³/mol. The molecule has 3 rings (SSSR count). The minimum atomic E-state index is -0.424. The fourth-order valence-corrected chi connectivity index (χ4v) is 3.31. The van der Waals surface area contributed by atoms with Crippen LogP contribution < -0.4 is 5.32 Å². The molecule has 1 aliphatic rings. The van der Waals surface area contributed by atoms with E-state index in [1.54, 1.807) is 24.3 Å². The van der Waals surface area contributed by atoms with Gasteiger partial charge in [0.15, 0.2) is 0 Å². The molecule has 1 aromatic carbocycles. The average Bonchev–Trinajstić information content (AvgIpc) is 2.61. The van der Waals surface area contributed by atoms with Crippen LogP contribution in [0.25, 0.3) is 0 Å². The molecule has 1 saturated heterocycles. The third kappa shape index (κ3) is 4.50. The molecule has 7 heteroatoms. The van der Waals surface area contributed by atoms with E-state index in [4.69, 9.17) is 23.2 Å². The van der Waals surface area contributed by atoms with Crippen LogP contribution in [0, 0.1) is 0 Å². The quantitative estimate of drug-likeness (QED) is 0.868. The number of benzene rings is 1. The molecule has 2 heterocycles. The van der Waals surface area contributed by atoms with Gasteiger partial charge in [-0.3, -0.25) is 14.6 Å². The zero-order valence-electron chi connectivity index (χ0n) is 13.5.